The zero-order valence-electron chi connectivity index (χ0n) is 18.9. The summed E-state index contributed by atoms with van der Waals surface area (Å²) in [5, 5.41) is 9.78. The molecule has 0 unspecified atom stereocenters. The number of amides is 3. The maximum atomic E-state index is 12.9. The fourth-order valence-corrected chi connectivity index (χ4v) is 4.10. The molecule has 0 atom stereocenters. The van der Waals surface area contributed by atoms with Crippen LogP contribution >= 0.6 is 0 Å². The van der Waals surface area contributed by atoms with E-state index in [0.29, 0.717) is 29.2 Å². The molecule has 0 aliphatic carbocycles. The highest BCUT2D eigenvalue weighted by Gasteiger charge is 2.35. The summed E-state index contributed by atoms with van der Waals surface area (Å²) in [6.07, 6.45) is 0.563. The molecule has 3 amide bonds. The van der Waals surface area contributed by atoms with Gasteiger partial charge in [0.15, 0.2) is 5.82 Å². The number of fused-ring (bicyclic) bond motifs is 1. The molecule has 3 aromatic carbocycles. The lowest BCUT2D eigenvalue weighted by atomic mass is 10.1. The normalized spacial score (nSPS) is 12.5. The van der Waals surface area contributed by atoms with E-state index in [9.17, 15) is 14.4 Å². The molecular formula is C27H22N4O4. The summed E-state index contributed by atoms with van der Waals surface area (Å²) in [5.41, 5.74) is 3.32. The summed E-state index contributed by atoms with van der Waals surface area (Å²) in [6.45, 7) is 0.275. The SMILES string of the molecule is COc1ccccc1-c1cc(NC(=O)c2ccc3c(c2)C(=O)N(CCc2ccccc2)C3=O)n[nH]1. The Morgan fingerprint density at radius 3 is 2.46 bits per heavy atom. The minimum absolute atomic E-state index is 0.229. The number of hydrogen-bond acceptors (Lipinski definition) is 5. The van der Waals surface area contributed by atoms with Gasteiger partial charge < -0.3 is 10.1 Å². The van der Waals surface area contributed by atoms with Crippen LogP contribution in [0.2, 0.25) is 0 Å². The van der Waals surface area contributed by atoms with Crippen molar-refractivity contribution in [3.05, 3.63) is 101 Å². The van der Waals surface area contributed by atoms with Crippen molar-refractivity contribution in [3.8, 4) is 17.0 Å². The maximum Gasteiger partial charge on any atom is 0.261 e. The van der Waals surface area contributed by atoms with Crippen molar-refractivity contribution in [1.82, 2.24) is 15.1 Å². The predicted octanol–water partition coefficient (Wildman–Crippen LogP) is 4.18. The second-order valence-electron chi connectivity index (χ2n) is 8.08. The van der Waals surface area contributed by atoms with Gasteiger partial charge in [-0.05, 0) is 42.3 Å². The third kappa shape index (κ3) is 4.29. The number of methoxy groups -OCH3 is 1. The van der Waals surface area contributed by atoms with E-state index < -0.39 is 11.8 Å². The van der Waals surface area contributed by atoms with Crippen molar-refractivity contribution in [2.24, 2.45) is 0 Å². The monoisotopic (exact) mass is 466 g/mol. The van der Waals surface area contributed by atoms with Gasteiger partial charge in [-0.1, -0.05) is 42.5 Å². The van der Waals surface area contributed by atoms with Gasteiger partial charge in [0.1, 0.15) is 5.75 Å². The predicted molar refractivity (Wildman–Crippen MR) is 130 cm³/mol. The van der Waals surface area contributed by atoms with Crippen LogP contribution in [0.25, 0.3) is 11.3 Å². The first-order valence-corrected chi connectivity index (χ1v) is 11.1. The van der Waals surface area contributed by atoms with Gasteiger partial charge in [-0.2, -0.15) is 5.10 Å². The van der Waals surface area contributed by atoms with E-state index in [4.69, 9.17) is 4.74 Å². The van der Waals surface area contributed by atoms with Crippen LogP contribution in [0.3, 0.4) is 0 Å². The third-order valence-electron chi connectivity index (χ3n) is 5.92. The fourth-order valence-electron chi connectivity index (χ4n) is 4.10. The Balaban J connectivity index is 1.30. The van der Waals surface area contributed by atoms with E-state index >= 15 is 0 Å². The average molecular weight is 466 g/mol. The molecule has 0 fully saturated rings. The summed E-state index contributed by atoms with van der Waals surface area (Å²) in [5.74, 6) is -0.180. The number of H-pyrrole nitrogens is 1. The van der Waals surface area contributed by atoms with Crippen LogP contribution in [0.1, 0.15) is 36.6 Å². The van der Waals surface area contributed by atoms with E-state index in [1.807, 2.05) is 54.6 Å². The van der Waals surface area contributed by atoms with E-state index in [1.54, 1.807) is 13.2 Å². The third-order valence-corrected chi connectivity index (χ3v) is 5.92. The largest absolute Gasteiger partial charge is 0.496 e. The quantitative estimate of drug-likeness (QED) is 0.398. The van der Waals surface area contributed by atoms with Gasteiger partial charge in [-0.15, -0.1) is 0 Å². The molecule has 4 aromatic rings. The Morgan fingerprint density at radius 1 is 0.914 bits per heavy atom. The number of ether oxygens (including phenoxy) is 1. The molecule has 1 aromatic heterocycles. The molecule has 0 saturated carbocycles. The smallest absolute Gasteiger partial charge is 0.261 e. The van der Waals surface area contributed by atoms with Crippen LogP contribution < -0.4 is 10.1 Å². The topological polar surface area (TPSA) is 104 Å². The van der Waals surface area contributed by atoms with E-state index in [1.165, 1.54) is 23.1 Å². The molecule has 8 heteroatoms. The number of nitrogens with zero attached hydrogens (tertiary/aromatic N) is 2. The van der Waals surface area contributed by atoms with Gasteiger partial charge in [0, 0.05) is 23.7 Å². The van der Waals surface area contributed by atoms with Crippen LogP contribution in [0.5, 0.6) is 5.75 Å². The molecule has 174 valence electrons. The van der Waals surface area contributed by atoms with Crippen LogP contribution in [-0.2, 0) is 6.42 Å². The van der Waals surface area contributed by atoms with Crippen molar-refractivity contribution in [3.63, 3.8) is 0 Å². The van der Waals surface area contributed by atoms with Crippen LogP contribution in [0.15, 0.2) is 78.9 Å². The summed E-state index contributed by atoms with van der Waals surface area (Å²) in [6, 6.07) is 23.3. The molecule has 35 heavy (non-hydrogen) atoms. The van der Waals surface area contributed by atoms with Gasteiger partial charge in [-0.25, -0.2) is 0 Å². The average Bonchev–Trinajstić information content (AvgIpc) is 3.45. The number of para-hydroxylation sites is 1. The van der Waals surface area contributed by atoms with Crippen LogP contribution in [0, 0.1) is 0 Å². The first-order chi connectivity index (χ1) is 17.0. The minimum atomic E-state index is -0.436. The number of carbonyl (C=O) groups excluding carboxylic acids is 3. The van der Waals surface area contributed by atoms with Crippen molar-refractivity contribution in [1.29, 1.82) is 0 Å². The molecule has 1 aliphatic rings. The summed E-state index contributed by atoms with van der Waals surface area (Å²) in [4.78, 5) is 39.8. The number of benzene rings is 3. The minimum Gasteiger partial charge on any atom is -0.496 e. The summed E-state index contributed by atoms with van der Waals surface area (Å²) >= 11 is 0. The molecular weight excluding hydrogens is 444 g/mol. The zero-order valence-corrected chi connectivity index (χ0v) is 18.9. The molecule has 8 nitrogen and oxygen atoms in total. The Hall–Kier alpha value is -4.72. The number of aromatic nitrogens is 2. The molecule has 5 rings (SSSR count). The van der Waals surface area contributed by atoms with Crippen LogP contribution in [-0.4, -0.2) is 46.5 Å². The maximum absolute atomic E-state index is 12.9. The second-order valence-corrected chi connectivity index (χ2v) is 8.08. The van der Waals surface area contributed by atoms with Gasteiger partial charge >= 0.3 is 0 Å². The lowest BCUT2D eigenvalue weighted by Crippen LogP contribution is -2.31. The number of hydrogen-bond donors (Lipinski definition) is 2. The number of anilines is 1. The molecule has 0 saturated heterocycles. The first kappa shape index (κ1) is 22.1. The Bertz CT molecular complexity index is 1430. The Kier molecular flexibility index (Phi) is 5.85. The Morgan fingerprint density at radius 2 is 1.66 bits per heavy atom. The highest BCUT2D eigenvalue weighted by Crippen LogP contribution is 2.29. The van der Waals surface area contributed by atoms with Crippen molar-refractivity contribution in [2.45, 2.75) is 6.42 Å². The molecule has 2 N–H and O–H groups in total. The van der Waals surface area contributed by atoms with Crippen molar-refractivity contribution in [2.75, 3.05) is 19.0 Å². The Labute approximate surface area is 201 Å². The summed E-state index contributed by atoms with van der Waals surface area (Å²) in [7, 11) is 1.58. The molecule has 2 heterocycles. The lowest BCUT2D eigenvalue weighted by Gasteiger charge is -2.13. The number of carbonyl (C=O) groups is 3. The molecule has 0 spiro atoms. The van der Waals surface area contributed by atoms with Gasteiger partial charge in [0.05, 0.1) is 23.9 Å². The van der Waals surface area contributed by atoms with Gasteiger partial charge in [0.2, 0.25) is 0 Å². The van der Waals surface area contributed by atoms with Crippen molar-refractivity contribution < 1.29 is 19.1 Å². The van der Waals surface area contributed by atoms with E-state index in [-0.39, 0.29) is 23.6 Å². The fraction of sp³-hybridized carbons (Fsp3) is 0.111. The highest BCUT2D eigenvalue weighted by molar-refractivity contribution is 6.22. The van der Waals surface area contributed by atoms with Crippen LogP contribution in [0.4, 0.5) is 5.82 Å². The number of aromatic amines is 1. The van der Waals surface area contributed by atoms with Crippen molar-refractivity contribution >= 4 is 23.5 Å². The molecule has 0 radical (unpaired) electrons. The zero-order chi connectivity index (χ0) is 24.4. The second kappa shape index (κ2) is 9.26. The van der Waals surface area contributed by atoms with E-state index in [0.717, 1.165) is 11.1 Å². The molecule has 1 aliphatic heterocycles. The summed E-state index contributed by atoms with van der Waals surface area (Å²) < 4.78 is 5.37. The number of nitrogens with one attached hydrogen (secondary N) is 2. The van der Waals surface area contributed by atoms with E-state index in [2.05, 4.69) is 15.5 Å². The molecule has 0 bridgehead atoms. The van der Waals surface area contributed by atoms with Gasteiger partial charge in [0.25, 0.3) is 17.7 Å². The standard InChI is InChI=1S/C27H22N4O4/c1-35-23-10-6-5-9-20(23)22-16-24(30-29-22)28-25(32)18-11-12-19-21(15-18)27(34)31(26(19)33)14-13-17-7-3-2-4-8-17/h2-12,15-16H,13-14H2,1H3,(H2,28,29,30,32). The number of rotatable bonds is 7. The first-order valence-electron chi connectivity index (χ1n) is 11.1. The number of imide groups is 1. The lowest BCUT2D eigenvalue weighted by molar-refractivity contribution is 0.0656. The highest BCUT2D eigenvalue weighted by atomic mass is 16.5. The van der Waals surface area contributed by atoms with Gasteiger partial charge in [-0.3, -0.25) is 24.4 Å².